The molecule has 4 heteroatoms. The highest BCUT2D eigenvalue weighted by molar-refractivity contribution is 5.81. The van der Waals surface area contributed by atoms with Crippen molar-refractivity contribution in [1.29, 1.82) is 0 Å². The second-order valence-electron chi connectivity index (χ2n) is 8.62. The Bertz CT molecular complexity index is 560. The molecule has 144 valence electrons. The van der Waals surface area contributed by atoms with Crippen molar-refractivity contribution in [1.82, 2.24) is 15.5 Å². The van der Waals surface area contributed by atoms with Gasteiger partial charge < -0.3 is 10.6 Å². The molecule has 0 spiro atoms. The zero-order chi connectivity index (χ0) is 18.4. The molecule has 26 heavy (non-hydrogen) atoms. The molecule has 4 nitrogen and oxygen atoms in total. The van der Waals surface area contributed by atoms with Crippen molar-refractivity contribution in [2.75, 3.05) is 32.7 Å². The largest absolute Gasteiger partial charge is 0.354 e. The highest BCUT2D eigenvalue weighted by atomic mass is 16.2. The van der Waals surface area contributed by atoms with Gasteiger partial charge >= 0.3 is 0 Å². The van der Waals surface area contributed by atoms with Crippen LogP contribution in [0.3, 0.4) is 0 Å². The van der Waals surface area contributed by atoms with E-state index in [2.05, 4.69) is 59.7 Å². The van der Waals surface area contributed by atoms with Gasteiger partial charge in [0.2, 0.25) is 5.91 Å². The zero-order valence-electron chi connectivity index (χ0n) is 16.5. The van der Waals surface area contributed by atoms with Gasteiger partial charge in [0, 0.05) is 6.54 Å². The number of benzene rings is 1. The molecule has 2 fully saturated rings. The predicted octanol–water partition coefficient (Wildman–Crippen LogP) is 2.84. The Hall–Kier alpha value is -1.39. The van der Waals surface area contributed by atoms with Crippen LogP contribution in [0.4, 0.5) is 0 Å². The average molecular weight is 358 g/mol. The second-order valence-corrected chi connectivity index (χ2v) is 8.62. The number of rotatable bonds is 6. The third-order valence-electron chi connectivity index (χ3n) is 6.44. The maximum Gasteiger partial charge on any atom is 0.237 e. The molecule has 2 aliphatic heterocycles. The SMILES string of the molecule is CC(C(=O)NCC1(C)CCNCC1)N1CCC(Cc2ccccc2)CC1. The van der Waals surface area contributed by atoms with Crippen molar-refractivity contribution in [2.24, 2.45) is 11.3 Å². The van der Waals surface area contributed by atoms with E-state index in [0.29, 0.717) is 0 Å². The van der Waals surface area contributed by atoms with Crippen molar-refractivity contribution in [3.05, 3.63) is 35.9 Å². The summed E-state index contributed by atoms with van der Waals surface area (Å²) in [5.74, 6) is 0.948. The minimum atomic E-state index is -0.0157. The van der Waals surface area contributed by atoms with E-state index in [1.807, 2.05) is 0 Å². The summed E-state index contributed by atoms with van der Waals surface area (Å²) >= 11 is 0. The molecule has 0 aromatic heterocycles. The van der Waals surface area contributed by atoms with Crippen LogP contribution >= 0.6 is 0 Å². The van der Waals surface area contributed by atoms with Crippen LogP contribution < -0.4 is 10.6 Å². The smallest absolute Gasteiger partial charge is 0.237 e. The summed E-state index contributed by atoms with van der Waals surface area (Å²) < 4.78 is 0. The van der Waals surface area contributed by atoms with Crippen LogP contribution in [0.1, 0.15) is 45.1 Å². The predicted molar refractivity (Wildman–Crippen MR) is 107 cm³/mol. The first-order chi connectivity index (χ1) is 12.6. The molecule has 1 aromatic rings. The third-order valence-corrected chi connectivity index (χ3v) is 6.44. The molecule has 1 aromatic carbocycles. The third kappa shape index (κ3) is 5.31. The van der Waals surface area contributed by atoms with Crippen molar-refractivity contribution in [2.45, 2.75) is 52.0 Å². The number of hydrogen-bond donors (Lipinski definition) is 2. The number of nitrogens with one attached hydrogen (secondary N) is 2. The van der Waals surface area contributed by atoms with Crippen LogP contribution in [-0.4, -0.2) is 49.6 Å². The Kier molecular flexibility index (Phi) is 6.71. The molecule has 1 unspecified atom stereocenters. The minimum absolute atomic E-state index is 0.0157. The number of carbonyl (C=O) groups is 1. The molecule has 2 heterocycles. The molecule has 2 N–H and O–H groups in total. The molecule has 0 bridgehead atoms. The molecule has 0 saturated carbocycles. The summed E-state index contributed by atoms with van der Waals surface area (Å²) in [6.45, 7) is 9.38. The van der Waals surface area contributed by atoms with Gasteiger partial charge in [0.15, 0.2) is 0 Å². The van der Waals surface area contributed by atoms with Gasteiger partial charge in [-0.25, -0.2) is 0 Å². The topological polar surface area (TPSA) is 44.4 Å². The maximum absolute atomic E-state index is 12.6. The molecule has 0 aliphatic carbocycles. The van der Waals surface area contributed by atoms with E-state index in [1.54, 1.807) is 0 Å². The van der Waals surface area contributed by atoms with Crippen LogP contribution in [0.5, 0.6) is 0 Å². The number of carbonyl (C=O) groups excluding carboxylic acids is 1. The average Bonchev–Trinajstić information content (AvgIpc) is 2.68. The molecule has 2 aliphatic rings. The van der Waals surface area contributed by atoms with Gasteiger partial charge in [-0.15, -0.1) is 0 Å². The Balaban J connectivity index is 1.41. The summed E-state index contributed by atoms with van der Waals surface area (Å²) in [6, 6.07) is 10.8. The summed E-state index contributed by atoms with van der Waals surface area (Å²) in [7, 11) is 0. The lowest BCUT2D eigenvalue weighted by molar-refractivity contribution is -0.127. The van der Waals surface area contributed by atoms with Gasteiger partial charge in [-0.3, -0.25) is 9.69 Å². The minimum Gasteiger partial charge on any atom is -0.354 e. The Morgan fingerprint density at radius 2 is 1.88 bits per heavy atom. The van der Waals surface area contributed by atoms with E-state index in [-0.39, 0.29) is 17.4 Å². The van der Waals surface area contributed by atoms with E-state index in [9.17, 15) is 4.79 Å². The van der Waals surface area contributed by atoms with Gasteiger partial charge in [0.05, 0.1) is 6.04 Å². The fourth-order valence-corrected chi connectivity index (χ4v) is 4.31. The summed E-state index contributed by atoms with van der Waals surface area (Å²) in [6.07, 6.45) is 5.84. The highest BCUT2D eigenvalue weighted by Gasteiger charge is 2.30. The first-order valence-electron chi connectivity index (χ1n) is 10.3. The van der Waals surface area contributed by atoms with E-state index in [1.165, 1.54) is 24.8 Å². The summed E-state index contributed by atoms with van der Waals surface area (Å²) in [5, 5.41) is 6.64. The van der Waals surface area contributed by atoms with Crippen molar-refractivity contribution >= 4 is 5.91 Å². The highest BCUT2D eigenvalue weighted by Crippen LogP contribution is 2.27. The molecule has 1 atom stereocenters. The summed E-state index contributed by atoms with van der Waals surface area (Å²) in [5.41, 5.74) is 1.69. The maximum atomic E-state index is 12.6. The van der Waals surface area contributed by atoms with Crippen molar-refractivity contribution in [3.63, 3.8) is 0 Å². The Morgan fingerprint density at radius 3 is 2.54 bits per heavy atom. The van der Waals surface area contributed by atoms with Crippen LogP contribution in [0.2, 0.25) is 0 Å². The molecular weight excluding hydrogens is 322 g/mol. The fraction of sp³-hybridized carbons (Fsp3) is 0.682. The molecule has 0 radical (unpaired) electrons. The first-order valence-corrected chi connectivity index (χ1v) is 10.3. The molecule has 1 amide bonds. The van der Waals surface area contributed by atoms with Crippen LogP contribution in [0, 0.1) is 11.3 Å². The number of hydrogen-bond acceptors (Lipinski definition) is 3. The number of piperidine rings is 2. The van der Waals surface area contributed by atoms with Crippen LogP contribution in [0.15, 0.2) is 30.3 Å². The van der Waals surface area contributed by atoms with E-state index < -0.39 is 0 Å². The standard InChI is InChI=1S/C22H35N3O/c1-18(21(26)24-17-22(2)10-12-23-13-11-22)25-14-8-20(9-15-25)16-19-6-4-3-5-7-19/h3-7,18,20,23H,8-17H2,1-2H3,(H,24,26). The van der Waals surface area contributed by atoms with Gasteiger partial charge in [-0.2, -0.15) is 0 Å². The first kappa shape index (κ1) is 19.4. The van der Waals surface area contributed by atoms with Crippen LogP contribution in [-0.2, 0) is 11.2 Å². The number of likely N-dealkylation sites (tertiary alicyclic amines) is 1. The van der Waals surface area contributed by atoms with Crippen LogP contribution in [0.25, 0.3) is 0 Å². The van der Waals surface area contributed by atoms with E-state index >= 15 is 0 Å². The van der Waals surface area contributed by atoms with Gasteiger partial charge in [-0.05, 0) is 82.1 Å². The van der Waals surface area contributed by atoms with Gasteiger partial charge in [0.25, 0.3) is 0 Å². The number of nitrogens with zero attached hydrogens (tertiary/aromatic N) is 1. The monoisotopic (exact) mass is 357 g/mol. The lowest BCUT2D eigenvalue weighted by Crippen LogP contribution is -2.51. The van der Waals surface area contributed by atoms with Crippen molar-refractivity contribution < 1.29 is 4.79 Å². The Labute approximate surface area is 158 Å². The van der Waals surface area contributed by atoms with E-state index in [0.717, 1.165) is 51.5 Å². The van der Waals surface area contributed by atoms with E-state index in [4.69, 9.17) is 0 Å². The molecular formula is C22H35N3O. The quantitative estimate of drug-likeness (QED) is 0.823. The normalized spacial score (nSPS) is 22.7. The summed E-state index contributed by atoms with van der Waals surface area (Å²) in [4.78, 5) is 15.0. The lowest BCUT2D eigenvalue weighted by Gasteiger charge is -2.37. The van der Waals surface area contributed by atoms with Gasteiger partial charge in [-0.1, -0.05) is 37.3 Å². The zero-order valence-corrected chi connectivity index (χ0v) is 16.5. The van der Waals surface area contributed by atoms with Crippen molar-refractivity contribution in [3.8, 4) is 0 Å². The molecule has 3 rings (SSSR count). The Morgan fingerprint density at radius 1 is 1.23 bits per heavy atom. The second kappa shape index (κ2) is 9.01. The fourth-order valence-electron chi connectivity index (χ4n) is 4.31. The number of amides is 1. The lowest BCUT2D eigenvalue weighted by atomic mass is 9.81. The van der Waals surface area contributed by atoms with Gasteiger partial charge in [0.1, 0.15) is 0 Å². The molecule has 2 saturated heterocycles.